The predicted octanol–water partition coefficient (Wildman–Crippen LogP) is 1.27. The number of rotatable bonds is 3. The summed E-state index contributed by atoms with van der Waals surface area (Å²) in [5, 5.41) is 6.85. The minimum absolute atomic E-state index is 0.883. The second-order valence-corrected chi connectivity index (χ2v) is 4.75. The van der Waals surface area contributed by atoms with Crippen molar-refractivity contribution in [2.75, 3.05) is 25.0 Å². The summed E-state index contributed by atoms with van der Waals surface area (Å²) in [5.41, 5.74) is 1.27. The Hall–Kier alpha value is -1.09. The second-order valence-electron chi connectivity index (χ2n) is 4.75. The van der Waals surface area contributed by atoms with E-state index in [0.29, 0.717) is 0 Å². The summed E-state index contributed by atoms with van der Waals surface area (Å²) in [6.45, 7) is 5.63. The number of hydrogen-bond acceptors (Lipinski definition) is 3. The number of nitrogens with zero attached hydrogens (tertiary/aromatic N) is 1. The van der Waals surface area contributed by atoms with Gasteiger partial charge in [0.2, 0.25) is 0 Å². The average molecular weight is 203 g/mol. The summed E-state index contributed by atoms with van der Waals surface area (Å²) in [7, 11) is 0. The maximum absolute atomic E-state index is 4.31. The fourth-order valence-electron chi connectivity index (χ4n) is 2.70. The molecular formula is C12H17N3. The normalized spacial score (nSPS) is 32.5. The summed E-state index contributed by atoms with van der Waals surface area (Å²) in [6.07, 6.45) is 1.87. The molecule has 1 aromatic heterocycles. The van der Waals surface area contributed by atoms with E-state index in [-0.39, 0.29) is 0 Å². The van der Waals surface area contributed by atoms with Crippen molar-refractivity contribution in [3.05, 3.63) is 23.9 Å². The molecule has 2 fully saturated rings. The Morgan fingerprint density at radius 3 is 3.00 bits per heavy atom. The number of nitrogens with one attached hydrogen (secondary N) is 2. The van der Waals surface area contributed by atoms with Crippen LogP contribution >= 0.6 is 0 Å². The third kappa shape index (κ3) is 1.72. The van der Waals surface area contributed by atoms with Gasteiger partial charge < -0.3 is 10.6 Å². The molecule has 2 aliphatic rings. The van der Waals surface area contributed by atoms with Crippen LogP contribution in [0.4, 0.5) is 5.82 Å². The van der Waals surface area contributed by atoms with Crippen LogP contribution in [0.15, 0.2) is 18.3 Å². The van der Waals surface area contributed by atoms with Gasteiger partial charge >= 0.3 is 0 Å². The number of pyridine rings is 1. The molecule has 80 valence electrons. The van der Waals surface area contributed by atoms with Gasteiger partial charge in [-0.3, -0.25) is 0 Å². The average Bonchev–Trinajstić information content (AvgIpc) is 2.69. The zero-order valence-corrected chi connectivity index (χ0v) is 9.03. The van der Waals surface area contributed by atoms with Gasteiger partial charge in [0.15, 0.2) is 0 Å². The van der Waals surface area contributed by atoms with Gasteiger partial charge in [0.25, 0.3) is 0 Å². The molecule has 1 aliphatic carbocycles. The maximum atomic E-state index is 4.31. The molecule has 3 heteroatoms. The largest absolute Gasteiger partial charge is 0.370 e. The number of aryl methyl sites for hydroxylation is 1. The van der Waals surface area contributed by atoms with E-state index in [9.17, 15) is 0 Å². The van der Waals surface area contributed by atoms with Crippen molar-refractivity contribution in [2.24, 2.45) is 17.8 Å². The molecule has 0 radical (unpaired) electrons. The van der Waals surface area contributed by atoms with Crippen molar-refractivity contribution in [2.45, 2.75) is 6.92 Å². The van der Waals surface area contributed by atoms with E-state index < -0.39 is 0 Å². The van der Waals surface area contributed by atoms with Crippen molar-refractivity contribution >= 4 is 5.82 Å². The number of aromatic nitrogens is 1. The van der Waals surface area contributed by atoms with E-state index in [1.54, 1.807) is 0 Å². The Kier molecular flexibility index (Phi) is 2.13. The first-order chi connectivity index (χ1) is 7.34. The highest BCUT2D eigenvalue weighted by molar-refractivity contribution is 5.37. The molecule has 1 aliphatic heterocycles. The molecule has 0 aromatic carbocycles. The molecule has 1 aromatic rings. The molecular weight excluding hydrogens is 186 g/mol. The van der Waals surface area contributed by atoms with Crippen LogP contribution in [-0.4, -0.2) is 24.6 Å². The molecule has 3 rings (SSSR count). The fourth-order valence-corrected chi connectivity index (χ4v) is 2.70. The van der Waals surface area contributed by atoms with Crippen molar-refractivity contribution < 1.29 is 0 Å². The van der Waals surface area contributed by atoms with Gasteiger partial charge in [-0.05, 0) is 55.5 Å². The quantitative estimate of drug-likeness (QED) is 0.776. The predicted molar refractivity (Wildman–Crippen MR) is 60.8 cm³/mol. The molecule has 15 heavy (non-hydrogen) atoms. The van der Waals surface area contributed by atoms with E-state index in [1.807, 2.05) is 12.3 Å². The van der Waals surface area contributed by atoms with Crippen LogP contribution in [0.25, 0.3) is 0 Å². The highest BCUT2D eigenvalue weighted by Gasteiger charge is 2.52. The number of fused-ring (bicyclic) bond motifs is 1. The third-order valence-corrected chi connectivity index (χ3v) is 3.70. The smallest absolute Gasteiger partial charge is 0.126 e. The molecule has 0 amide bonds. The molecule has 0 bridgehead atoms. The first kappa shape index (κ1) is 9.16. The summed E-state index contributed by atoms with van der Waals surface area (Å²) in [5.74, 6) is 3.77. The summed E-state index contributed by atoms with van der Waals surface area (Å²) in [6, 6.07) is 4.14. The summed E-state index contributed by atoms with van der Waals surface area (Å²) < 4.78 is 0. The zero-order chi connectivity index (χ0) is 10.3. The number of hydrogen-bond donors (Lipinski definition) is 2. The molecule has 2 N–H and O–H groups in total. The fraction of sp³-hybridized carbons (Fsp3) is 0.583. The van der Waals surface area contributed by atoms with Crippen molar-refractivity contribution in [1.29, 1.82) is 0 Å². The Morgan fingerprint density at radius 2 is 2.27 bits per heavy atom. The SMILES string of the molecule is Cc1ccnc(NCC2C3CNCC32)c1. The van der Waals surface area contributed by atoms with E-state index in [2.05, 4.69) is 28.6 Å². The highest BCUT2D eigenvalue weighted by atomic mass is 15.0. The van der Waals surface area contributed by atoms with Crippen LogP contribution in [0, 0.1) is 24.7 Å². The lowest BCUT2D eigenvalue weighted by Crippen LogP contribution is -2.18. The van der Waals surface area contributed by atoms with E-state index >= 15 is 0 Å². The molecule has 1 saturated carbocycles. The summed E-state index contributed by atoms with van der Waals surface area (Å²) in [4.78, 5) is 4.31. The van der Waals surface area contributed by atoms with Gasteiger partial charge in [0, 0.05) is 12.7 Å². The van der Waals surface area contributed by atoms with Crippen LogP contribution in [-0.2, 0) is 0 Å². The topological polar surface area (TPSA) is 37.0 Å². The minimum atomic E-state index is 0.883. The molecule has 0 spiro atoms. The molecule has 2 heterocycles. The monoisotopic (exact) mass is 203 g/mol. The Bertz CT molecular complexity index is 354. The van der Waals surface area contributed by atoms with Crippen LogP contribution in [0.1, 0.15) is 5.56 Å². The van der Waals surface area contributed by atoms with Gasteiger partial charge in [-0.25, -0.2) is 4.98 Å². The van der Waals surface area contributed by atoms with Gasteiger partial charge in [-0.1, -0.05) is 0 Å². The van der Waals surface area contributed by atoms with Crippen molar-refractivity contribution in [1.82, 2.24) is 10.3 Å². The molecule has 2 unspecified atom stereocenters. The molecule has 1 saturated heterocycles. The van der Waals surface area contributed by atoms with Gasteiger partial charge in [0.05, 0.1) is 0 Å². The minimum Gasteiger partial charge on any atom is -0.370 e. The Morgan fingerprint density at radius 1 is 1.47 bits per heavy atom. The van der Waals surface area contributed by atoms with Gasteiger partial charge in [0.1, 0.15) is 5.82 Å². The first-order valence-corrected chi connectivity index (χ1v) is 5.72. The lowest BCUT2D eigenvalue weighted by Gasteiger charge is -2.07. The Balaban J connectivity index is 1.54. The lowest BCUT2D eigenvalue weighted by atomic mass is 10.2. The van der Waals surface area contributed by atoms with E-state index in [1.165, 1.54) is 18.7 Å². The second kappa shape index (κ2) is 3.49. The highest BCUT2D eigenvalue weighted by Crippen LogP contribution is 2.48. The lowest BCUT2D eigenvalue weighted by molar-refractivity contribution is 0.614. The van der Waals surface area contributed by atoms with E-state index in [0.717, 1.165) is 30.1 Å². The standard InChI is InChI=1S/C12H17N3/c1-8-2-3-14-12(4-8)15-7-11-9-5-13-6-10(9)11/h2-4,9-11,13H,5-7H2,1H3,(H,14,15). The van der Waals surface area contributed by atoms with Crippen LogP contribution < -0.4 is 10.6 Å². The van der Waals surface area contributed by atoms with Crippen LogP contribution in [0.3, 0.4) is 0 Å². The van der Waals surface area contributed by atoms with Gasteiger partial charge in [-0.2, -0.15) is 0 Å². The third-order valence-electron chi connectivity index (χ3n) is 3.70. The summed E-state index contributed by atoms with van der Waals surface area (Å²) >= 11 is 0. The van der Waals surface area contributed by atoms with Crippen LogP contribution in [0.2, 0.25) is 0 Å². The zero-order valence-electron chi connectivity index (χ0n) is 9.03. The van der Waals surface area contributed by atoms with Crippen molar-refractivity contribution in [3.8, 4) is 0 Å². The van der Waals surface area contributed by atoms with E-state index in [4.69, 9.17) is 0 Å². The van der Waals surface area contributed by atoms with Crippen LogP contribution in [0.5, 0.6) is 0 Å². The van der Waals surface area contributed by atoms with Crippen molar-refractivity contribution in [3.63, 3.8) is 0 Å². The Labute approximate surface area is 90.3 Å². The number of piperidine rings is 1. The molecule has 3 nitrogen and oxygen atoms in total. The van der Waals surface area contributed by atoms with Gasteiger partial charge in [-0.15, -0.1) is 0 Å². The number of anilines is 1. The maximum Gasteiger partial charge on any atom is 0.126 e. The first-order valence-electron chi connectivity index (χ1n) is 5.72. The molecule has 2 atom stereocenters.